The van der Waals surface area contributed by atoms with Gasteiger partial charge >= 0.3 is 0 Å². The van der Waals surface area contributed by atoms with Crippen molar-refractivity contribution in [3.63, 3.8) is 0 Å². The predicted molar refractivity (Wildman–Crippen MR) is 101 cm³/mol. The Balaban J connectivity index is 1.50. The SMILES string of the molecule is CCOc1ccccc1C(=O)NCC(=O)N1CCN(c2ncccn2)CC1. The number of rotatable bonds is 6. The summed E-state index contributed by atoms with van der Waals surface area (Å²) in [6.45, 7) is 4.76. The molecule has 0 radical (unpaired) electrons. The van der Waals surface area contributed by atoms with E-state index in [0.717, 1.165) is 0 Å². The lowest BCUT2D eigenvalue weighted by Crippen LogP contribution is -2.51. The molecule has 142 valence electrons. The molecule has 1 aromatic heterocycles. The van der Waals surface area contributed by atoms with Crippen LogP contribution in [0.5, 0.6) is 5.75 Å². The van der Waals surface area contributed by atoms with Crippen LogP contribution in [0.4, 0.5) is 5.95 Å². The molecule has 3 rings (SSSR count). The number of ether oxygens (including phenoxy) is 1. The summed E-state index contributed by atoms with van der Waals surface area (Å²) in [5, 5.41) is 2.69. The van der Waals surface area contributed by atoms with E-state index in [1.165, 1.54) is 0 Å². The number of hydrogen-bond acceptors (Lipinski definition) is 6. The van der Waals surface area contributed by atoms with Crippen molar-refractivity contribution in [2.45, 2.75) is 6.92 Å². The van der Waals surface area contributed by atoms with Crippen molar-refractivity contribution in [1.29, 1.82) is 0 Å². The van der Waals surface area contributed by atoms with Crippen molar-refractivity contribution < 1.29 is 14.3 Å². The highest BCUT2D eigenvalue weighted by atomic mass is 16.5. The molecule has 1 aliphatic rings. The highest BCUT2D eigenvalue weighted by molar-refractivity contribution is 5.98. The maximum Gasteiger partial charge on any atom is 0.255 e. The van der Waals surface area contributed by atoms with E-state index < -0.39 is 0 Å². The lowest BCUT2D eigenvalue weighted by molar-refractivity contribution is -0.130. The molecule has 1 aromatic carbocycles. The molecule has 1 saturated heterocycles. The van der Waals surface area contributed by atoms with Crippen LogP contribution in [0.15, 0.2) is 42.7 Å². The highest BCUT2D eigenvalue weighted by Crippen LogP contribution is 2.17. The number of piperazine rings is 1. The summed E-state index contributed by atoms with van der Waals surface area (Å²) in [6.07, 6.45) is 3.41. The van der Waals surface area contributed by atoms with Gasteiger partial charge in [0.2, 0.25) is 11.9 Å². The van der Waals surface area contributed by atoms with Gasteiger partial charge in [-0.15, -0.1) is 0 Å². The Morgan fingerprint density at radius 2 is 1.78 bits per heavy atom. The minimum Gasteiger partial charge on any atom is -0.493 e. The lowest BCUT2D eigenvalue weighted by atomic mass is 10.2. The number of para-hydroxylation sites is 1. The van der Waals surface area contributed by atoms with Gasteiger partial charge in [-0.3, -0.25) is 9.59 Å². The Morgan fingerprint density at radius 1 is 1.07 bits per heavy atom. The Hall–Kier alpha value is -3.16. The monoisotopic (exact) mass is 369 g/mol. The zero-order valence-electron chi connectivity index (χ0n) is 15.3. The standard InChI is InChI=1S/C19H23N5O3/c1-2-27-16-7-4-3-6-15(16)18(26)22-14-17(25)23-10-12-24(13-11-23)19-20-8-5-9-21-19/h3-9H,2,10-14H2,1H3,(H,22,26). The Bertz CT molecular complexity index is 776. The van der Waals surface area contributed by atoms with Crippen molar-refractivity contribution in [2.24, 2.45) is 0 Å². The molecular formula is C19H23N5O3. The number of amides is 2. The summed E-state index contributed by atoms with van der Waals surface area (Å²) in [5.74, 6) is 0.765. The first-order valence-corrected chi connectivity index (χ1v) is 8.99. The van der Waals surface area contributed by atoms with E-state index in [-0.39, 0.29) is 18.4 Å². The normalized spacial score (nSPS) is 14.0. The second-order valence-corrected chi connectivity index (χ2v) is 6.03. The van der Waals surface area contributed by atoms with Crippen LogP contribution < -0.4 is 15.0 Å². The van der Waals surface area contributed by atoms with Crippen LogP contribution >= 0.6 is 0 Å². The van der Waals surface area contributed by atoms with Gasteiger partial charge in [0.05, 0.1) is 18.7 Å². The number of nitrogens with one attached hydrogen (secondary N) is 1. The summed E-state index contributed by atoms with van der Waals surface area (Å²) in [5.41, 5.74) is 0.429. The maximum atomic E-state index is 12.4. The van der Waals surface area contributed by atoms with Crippen LogP contribution in [0.2, 0.25) is 0 Å². The van der Waals surface area contributed by atoms with Gasteiger partial charge in [-0.05, 0) is 25.1 Å². The van der Waals surface area contributed by atoms with Crippen molar-refractivity contribution in [3.8, 4) is 5.75 Å². The molecule has 2 heterocycles. The van der Waals surface area contributed by atoms with Gasteiger partial charge in [0, 0.05) is 38.6 Å². The van der Waals surface area contributed by atoms with Crippen LogP contribution in [0.25, 0.3) is 0 Å². The molecule has 0 bridgehead atoms. The molecule has 0 aliphatic carbocycles. The zero-order valence-corrected chi connectivity index (χ0v) is 15.3. The van der Waals surface area contributed by atoms with Crippen molar-refractivity contribution in [3.05, 3.63) is 48.3 Å². The van der Waals surface area contributed by atoms with E-state index in [1.807, 2.05) is 17.9 Å². The van der Waals surface area contributed by atoms with E-state index >= 15 is 0 Å². The molecular weight excluding hydrogens is 346 g/mol. The topological polar surface area (TPSA) is 87.7 Å². The molecule has 1 fully saturated rings. The van der Waals surface area contributed by atoms with Crippen molar-refractivity contribution in [1.82, 2.24) is 20.2 Å². The largest absolute Gasteiger partial charge is 0.493 e. The molecule has 8 heteroatoms. The van der Waals surface area contributed by atoms with E-state index in [4.69, 9.17) is 4.74 Å². The van der Waals surface area contributed by atoms with Crippen LogP contribution in [0.3, 0.4) is 0 Å². The first kappa shape index (κ1) is 18.6. The third kappa shape index (κ3) is 4.72. The zero-order chi connectivity index (χ0) is 19.1. The van der Waals surface area contributed by atoms with Gasteiger partial charge in [-0.25, -0.2) is 9.97 Å². The second-order valence-electron chi connectivity index (χ2n) is 6.03. The van der Waals surface area contributed by atoms with E-state index in [9.17, 15) is 9.59 Å². The Morgan fingerprint density at radius 3 is 2.48 bits per heavy atom. The summed E-state index contributed by atoms with van der Waals surface area (Å²) in [6, 6.07) is 8.77. The maximum absolute atomic E-state index is 12.4. The second kappa shape index (κ2) is 8.98. The fourth-order valence-corrected chi connectivity index (χ4v) is 2.91. The quantitative estimate of drug-likeness (QED) is 0.816. The number of benzene rings is 1. The number of nitrogens with zero attached hydrogens (tertiary/aromatic N) is 4. The van der Waals surface area contributed by atoms with Crippen molar-refractivity contribution >= 4 is 17.8 Å². The number of hydrogen-bond donors (Lipinski definition) is 1. The molecule has 2 amide bonds. The molecule has 1 aliphatic heterocycles. The van der Waals surface area contributed by atoms with Gasteiger partial charge in [0.1, 0.15) is 5.75 Å². The van der Waals surface area contributed by atoms with Gasteiger partial charge in [-0.2, -0.15) is 0 Å². The summed E-state index contributed by atoms with van der Waals surface area (Å²) >= 11 is 0. The van der Waals surface area contributed by atoms with Crippen LogP contribution in [-0.2, 0) is 4.79 Å². The van der Waals surface area contributed by atoms with E-state index in [2.05, 4.69) is 15.3 Å². The smallest absolute Gasteiger partial charge is 0.255 e. The minimum atomic E-state index is -0.316. The number of anilines is 1. The Kier molecular flexibility index (Phi) is 6.19. The number of carbonyl (C=O) groups is 2. The van der Waals surface area contributed by atoms with Crippen LogP contribution in [0.1, 0.15) is 17.3 Å². The third-order valence-corrected chi connectivity index (χ3v) is 4.30. The molecule has 2 aromatic rings. The van der Waals surface area contributed by atoms with Gasteiger partial charge in [0.25, 0.3) is 5.91 Å². The molecule has 0 saturated carbocycles. The van der Waals surface area contributed by atoms with Gasteiger partial charge in [0.15, 0.2) is 0 Å². The highest BCUT2D eigenvalue weighted by Gasteiger charge is 2.23. The van der Waals surface area contributed by atoms with Crippen molar-refractivity contribution in [2.75, 3.05) is 44.2 Å². The van der Waals surface area contributed by atoms with E-state index in [1.54, 1.807) is 41.6 Å². The van der Waals surface area contributed by atoms with Crippen LogP contribution in [-0.4, -0.2) is 66.0 Å². The first-order chi connectivity index (χ1) is 13.2. The van der Waals surface area contributed by atoms with Gasteiger partial charge < -0.3 is 19.9 Å². The van der Waals surface area contributed by atoms with Gasteiger partial charge in [-0.1, -0.05) is 12.1 Å². The van der Waals surface area contributed by atoms with E-state index in [0.29, 0.717) is 50.0 Å². The summed E-state index contributed by atoms with van der Waals surface area (Å²) in [4.78, 5) is 37.0. The number of aromatic nitrogens is 2. The predicted octanol–water partition coefficient (Wildman–Crippen LogP) is 0.954. The Labute approximate surface area is 158 Å². The number of carbonyl (C=O) groups excluding carboxylic acids is 2. The average Bonchev–Trinajstić information content (AvgIpc) is 2.73. The fraction of sp³-hybridized carbons (Fsp3) is 0.368. The minimum absolute atomic E-state index is 0.0405. The van der Waals surface area contributed by atoms with Crippen LogP contribution in [0, 0.1) is 0 Å². The molecule has 0 spiro atoms. The lowest BCUT2D eigenvalue weighted by Gasteiger charge is -2.34. The molecule has 0 unspecified atom stereocenters. The first-order valence-electron chi connectivity index (χ1n) is 8.99. The summed E-state index contributed by atoms with van der Waals surface area (Å²) in [7, 11) is 0. The fourth-order valence-electron chi connectivity index (χ4n) is 2.91. The molecule has 8 nitrogen and oxygen atoms in total. The molecule has 1 N–H and O–H groups in total. The molecule has 27 heavy (non-hydrogen) atoms. The third-order valence-electron chi connectivity index (χ3n) is 4.30. The molecule has 0 atom stereocenters. The average molecular weight is 369 g/mol. The summed E-state index contributed by atoms with van der Waals surface area (Å²) < 4.78 is 5.46.